The van der Waals surface area contributed by atoms with Gasteiger partial charge in [0.25, 0.3) is 5.69 Å². The van der Waals surface area contributed by atoms with E-state index in [4.69, 9.17) is 9.47 Å². The SMILES string of the molecule is Cc1ccc(C2C3=C(COCC3=O)N=C3COCC(=O)C32)cc1[N+](=O)[O-]. The van der Waals surface area contributed by atoms with Crippen molar-refractivity contribution in [1.29, 1.82) is 0 Å². The van der Waals surface area contributed by atoms with Gasteiger partial charge in [0.05, 0.1) is 35.5 Å². The summed E-state index contributed by atoms with van der Waals surface area (Å²) in [6.07, 6.45) is 0. The molecule has 1 aromatic rings. The Kier molecular flexibility index (Phi) is 4.01. The topological polar surface area (TPSA) is 108 Å². The molecule has 3 heterocycles. The van der Waals surface area contributed by atoms with E-state index in [1.807, 2.05) is 0 Å². The zero-order chi connectivity index (χ0) is 18.4. The third-order valence-corrected chi connectivity index (χ3v) is 5.00. The van der Waals surface area contributed by atoms with Crippen LogP contribution in [0.25, 0.3) is 0 Å². The molecule has 0 saturated carbocycles. The van der Waals surface area contributed by atoms with Crippen LogP contribution in [0.3, 0.4) is 0 Å². The fourth-order valence-corrected chi connectivity index (χ4v) is 3.82. The highest BCUT2D eigenvalue weighted by molar-refractivity contribution is 6.13. The van der Waals surface area contributed by atoms with E-state index in [9.17, 15) is 19.7 Å². The molecule has 3 aliphatic heterocycles. The summed E-state index contributed by atoms with van der Waals surface area (Å²) in [6.45, 7) is 1.90. The molecular weight excluding hydrogens is 340 g/mol. The van der Waals surface area contributed by atoms with Gasteiger partial charge in [-0.25, -0.2) is 0 Å². The number of aliphatic imine (C=N–C) groups is 1. The number of hydrogen-bond acceptors (Lipinski definition) is 7. The molecule has 2 atom stereocenters. The third kappa shape index (κ3) is 2.58. The number of aryl methyl sites for hydroxylation is 1. The Morgan fingerprint density at radius 3 is 2.65 bits per heavy atom. The van der Waals surface area contributed by atoms with Crippen LogP contribution in [0.1, 0.15) is 17.0 Å². The molecule has 0 aliphatic carbocycles. The Balaban J connectivity index is 1.91. The van der Waals surface area contributed by atoms with Crippen molar-refractivity contribution in [3.8, 4) is 0 Å². The Morgan fingerprint density at radius 1 is 1.12 bits per heavy atom. The van der Waals surface area contributed by atoms with Crippen LogP contribution in [0.2, 0.25) is 0 Å². The van der Waals surface area contributed by atoms with Crippen LogP contribution in [-0.2, 0) is 19.1 Å². The van der Waals surface area contributed by atoms with Gasteiger partial charge in [-0.15, -0.1) is 0 Å². The van der Waals surface area contributed by atoms with Gasteiger partial charge in [-0.3, -0.25) is 24.7 Å². The van der Waals surface area contributed by atoms with Gasteiger partial charge < -0.3 is 9.47 Å². The van der Waals surface area contributed by atoms with Crippen LogP contribution in [0, 0.1) is 23.0 Å². The number of carbonyl (C=O) groups excluding carboxylic acids is 2. The molecule has 3 aliphatic rings. The molecule has 26 heavy (non-hydrogen) atoms. The van der Waals surface area contributed by atoms with Crippen molar-refractivity contribution in [3.05, 3.63) is 50.7 Å². The number of benzene rings is 1. The van der Waals surface area contributed by atoms with E-state index in [1.54, 1.807) is 19.1 Å². The third-order valence-electron chi connectivity index (χ3n) is 5.00. The van der Waals surface area contributed by atoms with E-state index < -0.39 is 16.8 Å². The van der Waals surface area contributed by atoms with Crippen molar-refractivity contribution in [2.45, 2.75) is 12.8 Å². The first-order valence-electron chi connectivity index (χ1n) is 8.24. The number of carbonyl (C=O) groups is 2. The van der Waals surface area contributed by atoms with Crippen LogP contribution >= 0.6 is 0 Å². The molecule has 4 rings (SSSR count). The number of nitro groups is 1. The van der Waals surface area contributed by atoms with Crippen LogP contribution in [-0.4, -0.2) is 48.6 Å². The molecule has 8 heteroatoms. The van der Waals surface area contributed by atoms with E-state index in [-0.39, 0.29) is 43.7 Å². The van der Waals surface area contributed by atoms with Gasteiger partial charge in [0, 0.05) is 23.1 Å². The quantitative estimate of drug-likeness (QED) is 0.587. The summed E-state index contributed by atoms with van der Waals surface area (Å²) < 4.78 is 10.6. The molecule has 0 amide bonds. The van der Waals surface area contributed by atoms with Crippen molar-refractivity contribution >= 4 is 23.0 Å². The second-order valence-electron chi connectivity index (χ2n) is 6.60. The zero-order valence-corrected chi connectivity index (χ0v) is 14.1. The normalized spacial score (nSPS) is 25.5. The minimum absolute atomic E-state index is 0.0345. The second kappa shape index (κ2) is 6.22. The number of nitrogens with zero attached hydrogens (tertiary/aromatic N) is 2. The molecule has 1 fully saturated rings. The molecule has 1 aromatic carbocycles. The fraction of sp³-hybridized carbons (Fsp3) is 0.389. The summed E-state index contributed by atoms with van der Waals surface area (Å²) in [7, 11) is 0. The lowest BCUT2D eigenvalue weighted by Crippen LogP contribution is -2.45. The van der Waals surface area contributed by atoms with E-state index in [0.717, 1.165) is 0 Å². The van der Waals surface area contributed by atoms with Gasteiger partial charge in [0.1, 0.15) is 13.2 Å². The maximum atomic E-state index is 12.6. The Labute approximate surface area is 148 Å². The van der Waals surface area contributed by atoms with Crippen molar-refractivity contribution in [2.75, 3.05) is 26.4 Å². The number of rotatable bonds is 2. The Hall–Kier alpha value is -2.71. The van der Waals surface area contributed by atoms with E-state index >= 15 is 0 Å². The molecular formula is C18H16N2O6. The smallest absolute Gasteiger partial charge is 0.272 e. The summed E-state index contributed by atoms with van der Waals surface area (Å²) in [5.41, 5.74) is 2.52. The van der Waals surface area contributed by atoms with Crippen LogP contribution in [0.5, 0.6) is 0 Å². The predicted octanol–water partition coefficient (Wildman–Crippen LogP) is 1.51. The number of fused-ring (bicyclic) bond motifs is 1. The highest BCUT2D eigenvalue weighted by atomic mass is 16.6. The Morgan fingerprint density at radius 2 is 1.88 bits per heavy atom. The van der Waals surface area contributed by atoms with Crippen molar-refractivity contribution in [1.82, 2.24) is 0 Å². The summed E-state index contributed by atoms with van der Waals surface area (Å²) in [4.78, 5) is 40.5. The highest BCUT2D eigenvalue weighted by Crippen LogP contribution is 2.43. The molecule has 0 radical (unpaired) electrons. The van der Waals surface area contributed by atoms with Crippen molar-refractivity contribution in [2.24, 2.45) is 10.9 Å². The largest absolute Gasteiger partial charge is 0.368 e. The van der Waals surface area contributed by atoms with Crippen LogP contribution < -0.4 is 0 Å². The summed E-state index contributed by atoms with van der Waals surface area (Å²) in [5, 5.41) is 11.3. The minimum Gasteiger partial charge on any atom is -0.368 e. The molecule has 134 valence electrons. The first-order chi connectivity index (χ1) is 12.5. The standard InChI is InChI=1S/C18H16N2O6/c1-9-2-3-10(4-13(9)20(23)24)16-17-11(5-25-7-14(17)21)19-12-6-26-8-15(22)18(12)16/h2-4,16-17H,5-8H2,1H3. The second-order valence-corrected chi connectivity index (χ2v) is 6.60. The maximum absolute atomic E-state index is 12.6. The first-order valence-corrected chi connectivity index (χ1v) is 8.24. The molecule has 2 unspecified atom stereocenters. The average Bonchev–Trinajstić information content (AvgIpc) is 2.61. The van der Waals surface area contributed by atoms with Crippen LogP contribution in [0.15, 0.2) is 34.5 Å². The molecule has 0 spiro atoms. The lowest BCUT2D eigenvalue weighted by Gasteiger charge is -2.37. The first kappa shape index (κ1) is 16.7. The highest BCUT2D eigenvalue weighted by Gasteiger charge is 2.45. The Bertz CT molecular complexity index is 901. The summed E-state index contributed by atoms with van der Waals surface area (Å²) >= 11 is 0. The van der Waals surface area contributed by atoms with Crippen LogP contribution in [0.4, 0.5) is 5.69 Å². The van der Waals surface area contributed by atoms with Gasteiger partial charge >= 0.3 is 0 Å². The van der Waals surface area contributed by atoms with Gasteiger partial charge in [0.15, 0.2) is 11.6 Å². The number of nitro benzene ring substituents is 1. The molecule has 0 N–H and O–H groups in total. The lowest BCUT2D eigenvalue weighted by atomic mass is 9.71. The number of ketones is 2. The van der Waals surface area contributed by atoms with Crippen molar-refractivity contribution in [3.63, 3.8) is 0 Å². The number of ether oxygens (including phenoxy) is 2. The molecule has 0 aromatic heterocycles. The van der Waals surface area contributed by atoms with E-state index in [1.165, 1.54) is 6.07 Å². The maximum Gasteiger partial charge on any atom is 0.272 e. The van der Waals surface area contributed by atoms with Gasteiger partial charge in [0.2, 0.25) is 0 Å². The average molecular weight is 356 g/mol. The molecule has 1 saturated heterocycles. The molecule has 0 bridgehead atoms. The molecule has 8 nitrogen and oxygen atoms in total. The minimum atomic E-state index is -0.633. The van der Waals surface area contributed by atoms with E-state index in [2.05, 4.69) is 4.99 Å². The van der Waals surface area contributed by atoms with E-state index in [0.29, 0.717) is 28.1 Å². The summed E-state index contributed by atoms with van der Waals surface area (Å²) in [6, 6.07) is 4.85. The fourth-order valence-electron chi connectivity index (χ4n) is 3.82. The number of hydrogen-bond donors (Lipinski definition) is 0. The summed E-state index contributed by atoms with van der Waals surface area (Å²) in [5.74, 6) is -1.63. The van der Waals surface area contributed by atoms with Gasteiger partial charge in [-0.1, -0.05) is 12.1 Å². The van der Waals surface area contributed by atoms with Gasteiger partial charge in [-0.05, 0) is 12.5 Å². The zero-order valence-electron chi connectivity index (χ0n) is 14.1. The van der Waals surface area contributed by atoms with Crippen molar-refractivity contribution < 1.29 is 24.0 Å². The monoisotopic (exact) mass is 356 g/mol. The predicted molar refractivity (Wildman–Crippen MR) is 90.2 cm³/mol. The lowest BCUT2D eigenvalue weighted by molar-refractivity contribution is -0.385. The number of Topliss-reactive ketones (excluding diaryl/α,β-unsaturated/α-hetero) is 2. The van der Waals surface area contributed by atoms with Gasteiger partial charge in [-0.2, -0.15) is 0 Å².